The van der Waals surface area contributed by atoms with Gasteiger partial charge in [0, 0.05) is 12.6 Å². The molecule has 1 heterocycles. The van der Waals surface area contributed by atoms with Gasteiger partial charge in [-0.25, -0.2) is 4.39 Å². The summed E-state index contributed by atoms with van der Waals surface area (Å²) in [6.45, 7) is 2.66. The number of nitrogens with zero attached hydrogens (tertiary/aromatic N) is 1. The first-order chi connectivity index (χ1) is 9.13. The van der Waals surface area contributed by atoms with Crippen molar-refractivity contribution in [3.05, 3.63) is 30.1 Å². The zero-order valence-electron chi connectivity index (χ0n) is 11.8. The van der Waals surface area contributed by atoms with Crippen LogP contribution in [0.1, 0.15) is 12.8 Å². The molecule has 2 rings (SSSR count). The number of halogens is 3. The molecule has 1 fully saturated rings. The van der Waals surface area contributed by atoms with E-state index in [1.807, 2.05) is 0 Å². The lowest BCUT2D eigenvalue weighted by Gasteiger charge is -2.31. The number of β-amino-alcohol motifs (C(OH)–C–C–N with tert-alkyl or cyclic N) is 1. The Morgan fingerprint density at radius 3 is 2.38 bits per heavy atom. The fourth-order valence-corrected chi connectivity index (χ4v) is 2.21. The summed E-state index contributed by atoms with van der Waals surface area (Å²) in [5, 5.41) is 9.91. The van der Waals surface area contributed by atoms with Crippen molar-refractivity contribution in [3.8, 4) is 5.75 Å². The lowest BCUT2D eigenvalue weighted by molar-refractivity contribution is 0.0597. The summed E-state index contributed by atoms with van der Waals surface area (Å²) < 4.78 is 18.1. The summed E-state index contributed by atoms with van der Waals surface area (Å²) in [6.07, 6.45) is 1.41. The molecule has 0 saturated carbocycles. The van der Waals surface area contributed by atoms with Crippen LogP contribution in [0.2, 0.25) is 0 Å². The van der Waals surface area contributed by atoms with Crippen molar-refractivity contribution >= 4 is 24.8 Å². The van der Waals surface area contributed by atoms with E-state index in [2.05, 4.69) is 4.90 Å². The molecule has 0 bridgehead atoms. The van der Waals surface area contributed by atoms with Gasteiger partial charge in [0.15, 0.2) is 0 Å². The average Bonchev–Trinajstić information content (AvgIpc) is 2.41. The summed E-state index contributed by atoms with van der Waals surface area (Å²) >= 11 is 0. The third kappa shape index (κ3) is 7.29. The Balaban J connectivity index is 0.00000200. The maximum atomic E-state index is 12.7. The van der Waals surface area contributed by atoms with E-state index in [4.69, 9.17) is 10.5 Å². The van der Waals surface area contributed by atoms with Crippen LogP contribution in [0.15, 0.2) is 24.3 Å². The van der Waals surface area contributed by atoms with Crippen LogP contribution in [-0.2, 0) is 0 Å². The minimum Gasteiger partial charge on any atom is -0.491 e. The number of aliphatic hydroxyl groups excluding tert-OH is 1. The van der Waals surface area contributed by atoms with Crippen molar-refractivity contribution in [2.75, 3.05) is 26.2 Å². The van der Waals surface area contributed by atoms with Crippen LogP contribution in [0.5, 0.6) is 5.75 Å². The van der Waals surface area contributed by atoms with Crippen LogP contribution in [-0.4, -0.2) is 48.4 Å². The number of hydrogen-bond donors (Lipinski definition) is 2. The Hall–Kier alpha value is -0.590. The van der Waals surface area contributed by atoms with Gasteiger partial charge in [0.2, 0.25) is 0 Å². The molecule has 0 radical (unpaired) electrons. The molecule has 0 aromatic heterocycles. The molecule has 0 spiro atoms. The van der Waals surface area contributed by atoms with Gasteiger partial charge in [0.25, 0.3) is 0 Å². The average molecular weight is 341 g/mol. The molecule has 1 atom stereocenters. The standard InChI is InChI=1S/C14H21FN2O2.2ClH/c15-11-1-3-14(4-2-11)19-10-13(18)9-17-7-5-12(16)6-8-17;;/h1-4,12-13,18H,5-10,16H2;2*1H. The lowest BCUT2D eigenvalue weighted by atomic mass is 10.1. The second-order valence-electron chi connectivity index (χ2n) is 5.06. The van der Waals surface area contributed by atoms with E-state index in [1.165, 1.54) is 12.1 Å². The predicted molar refractivity (Wildman–Crippen MR) is 86.0 cm³/mol. The predicted octanol–water partition coefficient (Wildman–Crippen LogP) is 1.83. The summed E-state index contributed by atoms with van der Waals surface area (Å²) in [4.78, 5) is 2.20. The summed E-state index contributed by atoms with van der Waals surface area (Å²) in [7, 11) is 0. The van der Waals surface area contributed by atoms with Gasteiger partial charge < -0.3 is 20.5 Å². The maximum Gasteiger partial charge on any atom is 0.123 e. The molecular weight excluding hydrogens is 318 g/mol. The minimum absolute atomic E-state index is 0. The molecule has 0 amide bonds. The van der Waals surface area contributed by atoms with Gasteiger partial charge in [-0.1, -0.05) is 0 Å². The quantitative estimate of drug-likeness (QED) is 0.858. The van der Waals surface area contributed by atoms with Gasteiger partial charge in [-0.3, -0.25) is 0 Å². The third-order valence-corrected chi connectivity index (χ3v) is 3.36. The fourth-order valence-electron chi connectivity index (χ4n) is 2.21. The molecule has 1 aliphatic heterocycles. The monoisotopic (exact) mass is 340 g/mol. The number of hydrogen-bond acceptors (Lipinski definition) is 4. The Bertz CT molecular complexity index is 387. The Labute approximate surface area is 137 Å². The molecule has 1 aromatic carbocycles. The highest BCUT2D eigenvalue weighted by Crippen LogP contribution is 2.12. The van der Waals surface area contributed by atoms with E-state index >= 15 is 0 Å². The fraction of sp³-hybridized carbons (Fsp3) is 0.571. The van der Waals surface area contributed by atoms with Gasteiger partial charge in [0.1, 0.15) is 24.3 Å². The van der Waals surface area contributed by atoms with E-state index in [-0.39, 0.29) is 37.2 Å². The van der Waals surface area contributed by atoms with Crippen LogP contribution in [0.3, 0.4) is 0 Å². The molecule has 1 aromatic rings. The minimum atomic E-state index is -0.542. The van der Waals surface area contributed by atoms with Crippen molar-refractivity contribution in [2.45, 2.75) is 25.0 Å². The molecule has 4 nitrogen and oxygen atoms in total. The van der Waals surface area contributed by atoms with Crippen LogP contribution in [0.25, 0.3) is 0 Å². The summed E-state index contributed by atoms with van der Waals surface area (Å²) in [6, 6.07) is 6.09. The number of piperidine rings is 1. The molecule has 3 N–H and O–H groups in total. The Kier molecular flexibility index (Phi) is 9.90. The number of benzene rings is 1. The van der Waals surface area contributed by atoms with Gasteiger partial charge in [-0.15, -0.1) is 24.8 Å². The van der Waals surface area contributed by atoms with Crippen LogP contribution >= 0.6 is 24.8 Å². The molecule has 21 heavy (non-hydrogen) atoms. The van der Waals surface area contributed by atoms with Crippen LogP contribution in [0.4, 0.5) is 4.39 Å². The van der Waals surface area contributed by atoms with E-state index in [0.29, 0.717) is 18.3 Å². The van der Waals surface area contributed by atoms with Crippen LogP contribution < -0.4 is 10.5 Å². The van der Waals surface area contributed by atoms with Crippen LogP contribution in [0, 0.1) is 5.82 Å². The first-order valence-electron chi connectivity index (χ1n) is 6.68. The maximum absolute atomic E-state index is 12.7. The highest BCUT2D eigenvalue weighted by Gasteiger charge is 2.18. The van der Waals surface area contributed by atoms with E-state index in [0.717, 1.165) is 25.9 Å². The molecule has 0 aliphatic carbocycles. The van der Waals surface area contributed by atoms with E-state index < -0.39 is 6.10 Å². The van der Waals surface area contributed by atoms with Gasteiger partial charge >= 0.3 is 0 Å². The molecular formula is C14H23Cl2FN2O2. The Morgan fingerprint density at radius 2 is 1.81 bits per heavy atom. The van der Waals surface area contributed by atoms with Gasteiger partial charge in [-0.2, -0.15) is 0 Å². The highest BCUT2D eigenvalue weighted by molar-refractivity contribution is 5.85. The highest BCUT2D eigenvalue weighted by atomic mass is 35.5. The largest absolute Gasteiger partial charge is 0.491 e. The topological polar surface area (TPSA) is 58.7 Å². The molecule has 1 unspecified atom stereocenters. The second-order valence-corrected chi connectivity index (χ2v) is 5.06. The molecule has 1 aliphatic rings. The molecule has 7 heteroatoms. The molecule has 122 valence electrons. The first kappa shape index (κ1) is 20.4. The van der Waals surface area contributed by atoms with Crippen molar-refractivity contribution in [1.29, 1.82) is 0 Å². The van der Waals surface area contributed by atoms with E-state index in [9.17, 15) is 9.50 Å². The zero-order valence-corrected chi connectivity index (χ0v) is 13.4. The second kappa shape index (κ2) is 10.2. The van der Waals surface area contributed by atoms with Gasteiger partial charge in [0.05, 0.1) is 0 Å². The van der Waals surface area contributed by atoms with E-state index in [1.54, 1.807) is 12.1 Å². The number of nitrogens with two attached hydrogens (primary N) is 1. The number of ether oxygens (including phenoxy) is 1. The molecule has 1 saturated heterocycles. The number of rotatable bonds is 5. The lowest BCUT2D eigenvalue weighted by Crippen LogP contribution is -2.44. The normalized spacial score (nSPS) is 17.5. The third-order valence-electron chi connectivity index (χ3n) is 3.36. The summed E-state index contributed by atoms with van der Waals surface area (Å²) in [5.74, 6) is 0.277. The SMILES string of the molecule is Cl.Cl.NC1CCN(CC(O)COc2ccc(F)cc2)CC1. The van der Waals surface area contributed by atoms with Crippen molar-refractivity contribution in [3.63, 3.8) is 0 Å². The van der Waals surface area contributed by atoms with Gasteiger partial charge in [-0.05, 0) is 50.2 Å². The number of aliphatic hydroxyl groups is 1. The number of likely N-dealkylation sites (tertiary alicyclic amines) is 1. The van der Waals surface area contributed by atoms with Crippen molar-refractivity contribution in [2.24, 2.45) is 5.73 Å². The first-order valence-corrected chi connectivity index (χ1v) is 6.68. The van der Waals surface area contributed by atoms with Crippen molar-refractivity contribution in [1.82, 2.24) is 4.90 Å². The smallest absolute Gasteiger partial charge is 0.123 e. The Morgan fingerprint density at radius 1 is 1.24 bits per heavy atom. The zero-order chi connectivity index (χ0) is 13.7. The van der Waals surface area contributed by atoms with Crippen molar-refractivity contribution < 1.29 is 14.2 Å². The summed E-state index contributed by atoms with van der Waals surface area (Å²) in [5.41, 5.74) is 5.83.